The number of pyridine rings is 1. The summed E-state index contributed by atoms with van der Waals surface area (Å²) in [6.07, 6.45) is 3.90. The van der Waals surface area contributed by atoms with E-state index in [-0.39, 0.29) is 0 Å². The van der Waals surface area contributed by atoms with Crippen LogP contribution >= 0.6 is 23.2 Å². The van der Waals surface area contributed by atoms with Crippen LogP contribution in [0.5, 0.6) is 17.2 Å². The number of aromatic nitrogens is 4. The van der Waals surface area contributed by atoms with Crippen LogP contribution in [-0.2, 0) is 6.61 Å². The van der Waals surface area contributed by atoms with E-state index in [2.05, 4.69) is 15.1 Å². The standard InChI is InChI=1S/C28H18Cl2N4O3/c29-20-13-21(30)15-25(14-20)36-23-9-7-18(8-10-23)27-32-28(37-33-27)19-4-3-5-24(12-19)35-17-22-16-34-11-2-1-6-26(34)31-22/h1-16H,17H2. The molecule has 0 amide bonds. The second kappa shape index (κ2) is 9.97. The van der Waals surface area contributed by atoms with Gasteiger partial charge in [-0.2, -0.15) is 4.98 Å². The molecule has 3 aromatic heterocycles. The third kappa shape index (κ3) is 5.28. The Morgan fingerprint density at radius 1 is 0.757 bits per heavy atom. The summed E-state index contributed by atoms with van der Waals surface area (Å²) in [6, 6.07) is 25.7. The van der Waals surface area contributed by atoms with E-state index in [1.165, 1.54) is 0 Å². The molecule has 6 rings (SSSR count). The molecule has 3 aromatic carbocycles. The van der Waals surface area contributed by atoms with Crippen molar-refractivity contribution in [1.82, 2.24) is 19.5 Å². The molecule has 0 radical (unpaired) electrons. The Morgan fingerprint density at radius 3 is 2.41 bits per heavy atom. The van der Waals surface area contributed by atoms with Crippen molar-refractivity contribution in [3.8, 4) is 40.1 Å². The molecule has 0 spiro atoms. The molecule has 0 unspecified atom stereocenters. The highest BCUT2D eigenvalue weighted by molar-refractivity contribution is 6.34. The Balaban J connectivity index is 1.14. The van der Waals surface area contributed by atoms with Gasteiger partial charge in [-0.1, -0.05) is 40.5 Å². The molecule has 37 heavy (non-hydrogen) atoms. The third-order valence-corrected chi connectivity index (χ3v) is 5.93. The van der Waals surface area contributed by atoms with Crippen molar-refractivity contribution in [3.05, 3.63) is 113 Å². The Bertz CT molecular complexity index is 1640. The van der Waals surface area contributed by atoms with Crippen LogP contribution in [0.15, 0.2) is 102 Å². The number of fused-ring (bicyclic) bond motifs is 1. The van der Waals surface area contributed by atoms with Crippen LogP contribution < -0.4 is 9.47 Å². The minimum absolute atomic E-state index is 0.343. The number of benzene rings is 3. The van der Waals surface area contributed by atoms with E-state index in [0.29, 0.717) is 45.6 Å². The molecule has 9 heteroatoms. The fourth-order valence-electron chi connectivity index (χ4n) is 3.79. The number of hydrogen-bond acceptors (Lipinski definition) is 6. The summed E-state index contributed by atoms with van der Waals surface area (Å²) in [5, 5.41) is 5.14. The lowest BCUT2D eigenvalue weighted by atomic mass is 10.2. The van der Waals surface area contributed by atoms with Gasteiger partial charge in [0.15, 0.2) is 0 Å². The van der Waals surface area contributed by atoms with Gasteiger partial charge >= 0.3 is 0 Å². The van der Waals surface area contributed by atoms with Crippen molar-refractivity contribution in [1.29, 1.82) is 0 Å². The van der Waals surface area contributed by atoms with Crippen LogP contribution in [0.2, 0.25) is 10.0 Å². The van der Waals surface area contributed by atoms with Gasteiger partial charge in [0.25, 0.3) is 5.89 Å². The summed E-state index contributed by atoms with van der Waals surface area (Å²) in [6.45, 7) is 0.343. The van der Waals surface area contributed by atoms with Gasteiger partial charge in [0.05, 0.1) is 5.69 Å². The largest absolute Gasteiger partial charge is 0.487 e. The smallest absolute Gasteiger partial charge is 0.258 e. The van der Waals surface area contributed by atoms with Gasteiger partial charge in [0.2, 0.25) is 5.82 Å². The minimum Gasteiger partial charge on any atom is -0.487 e. The van der Waals surface area contributed by atoms with Gasteiger partial charge in [-0.3, -0.25) is 0 Å². The van der Waals surface area contributed by atoms with Crippen molar-refractivity contribution >= 4 is 28.8 Å². The molecule has 3 heterocycles. The van der Waals surface area contributed by atoms with Crippen molar-refractivity contribution in [2.45, 2.75) is 6.61 Å². The van der Waals surface area contributed by atoms with E-state index >= 15 is 0 Å². The Morgan fingerprint density at radius 2 is 1.59 bits per heavy atom. The monoisotopic (exact) mass is 528 g/mol. The topological polar surface area (TPSA) is 74.7 Å². The van der Waals surface area contributed by atoms with Crippen LogP contribution in [-0.4, -0.2) is 19.5 Å². The van der Waals surface area contributed by atoms with Gasteiger partial charge in [-0.05, 0) is 72.8 Å². The molecule has 0 fully saturated rings. The Kier molecular flexibility index (Phi) is 6.22. The molecule has 0 saturated carbocycles. The van der Waals surface area contributed by atoms with Crippen LogP contribution in [0.25, 0.3) is 28.5 Å². The fraction of sp³-hybridized carbons (Fsp3) is 0.0357. The Hall–Kier alpha value is -4.33. The normalized spacial score (nSPS) is 11.1. The predicted octanol–water partition coefficient (Wildman–Crippen LogP) is 7.73. The van der Waals surface area contributed by atoms with Crippen molar-refractivity contribution in [3.63, 3.8) is 0 Å². The van der Waals surface area contributed by atoms with E-state index < -0.39 is 0 Å². The fourth-order valence-corrected chi connectivity index (χ4v) is 4.29. The number of halogens is 2. The lowest BCUT2D eigenvalue weighted by Crippen LogP contribution is -1.95. The predicted molar refractivity (Wildman–Crippen MR) is 141 cm³/mol. The molecule has 0 aliphatic carbocycles. The molecule has 0 aliphatic rings. The quantitative estimate of drug-likeness (QED) is 0.211. The molecule has 182 valence electrons. The van der Waals surface area contributed by atoms with Crippen molar-refractivity contribution in [2.75, 3.05) is 0 Å². The highest BCUT2D eigenvalue weighted by atomic mass is 35.5. The van der Waals surface area contributed by atoms with E-state index in [1.807, 2.05) is 83.5 Å². The maximum Gasteiger partial charge on any atom is 0.258 e. The first-order valence-electron chi connectivity index (χ1n) is 11.3. The molecule has 6 aromatic rings. The van der Waals surface area contributed by atoms with E-state index in [0.717, 1.165) is 22.5 Å². The maximum atomic E-state index is 6.04. The lowest BCUT2D eigenvalue weighted by Gasteiger charge is -2.07. The third-order valence-electron chi connectivity index (χ3n) is 5.49. The van der Waals surface area contributed by atoms with Gasteiger partial charge in [-0.15, -0.1) is 0 Å². The van der Waals surface area contributed by atoms with Crippen LogP contribution in [0.3, 0.4) is 0 Å². The number of nitrogens with zero attached hydrogens (tertiary/aromatic N) is 4. The average molecular weight is 529 g/mol. The van der Waals surface area contributed by atoms with Gasteiger partial charge in [-0.25, -0.2) is 4.98 Å². The van der Waals surface area contributed by atoms with Crippen molar-refractivity contribution in [2.24, 2.45) is 0 Å². The minimum atomic E-state index is 0.343. The zero-order chi connectivity index (χ0) is 25.2. The van der Waals surface area contributed by atoms with Gasteiger partial charge in [0.1, 0.15) is 29.5 Å². The second-order valence-corrected chi connectivity index (χ2v) is 9.04. The van der Waals surface area contributed by atoms with Crippen molar-refractivity contribution < 1.29 is 14.0 Å². The molecule has 0 bridgehead atoms. The summed E-state index contributed by atoms with van der Waals surface area (Å²) >= 11 is 12.1. The molecule has 0 N–H and O–H groups in total. The summed E-state index contributed by atoms with van der Waals surface area (Å²) in [7, 11) is 0. The molecule has 7 nitrogen and oxygen atoms in total. The van der Waals surface area contributed by atoms with Crippen LogP contribution in [0.4, 0.5) is 0 Å². The first-order valence-corrected chi connectivity index (χ1v) is 12.1. The van der Waals surface area contributed by atoms with Crippen LogP contribution in [0, 0.1) is 0 Å². The van der Waals surface area contributed by atoms with E-state index in [9.17, 15) is 0 Å². The number of imidazole rings is 1. The first-order chi connectivity index (χ1) is 18.1. The Labute approximate surface area is 221 Å². The van der Waals surface area contributed by atoms with E-state index in [4.69, 9.17) is 37.2 Å². The van der Waals surface area contributed by atoms with Gasteiger partial charge < -0.3 is 18.4 Å². The maximum absolute atomic E-state index is 6.04. The summed E-state index contributed by atoms with van der Waals surface area (Å²) < 4.78 is 19.3. The molecule has 0 aliphatic heterocycles. The molecular weight excluding hydrogens is 511 g/mol. The summed E-state index contributed by atoms with van der Waals surface area (Å²) in [4.78, 5) is 9.11. The zero-order valence-electron chi connectivity index (χ0n) is 19.2. The summed E-state index contributed by atoms with van der Waals surface area (Å²) in [5.41, 5.74) is 3.25. The zero-order valence-corrected chi connectivity index (χ0v) is 20.7. The lowest BCUT2D eigenvalue weighted by molar-refractivity contribution is 0.302. The summed E-state index contributed by atoms with van der Waals surface area (Å²) in [5.74, 6) is 2.71. The molecule has 0 saturated heterocycles. The average Bonchev–Trinajstić information content (AvgIpc) is 3.55. The van der Waals surface area contributed by atoms with E-state index in [1.54, 1.807) is 18.2 Å². The molecular formula is C28H18Cl2N4O3. The number of rotatable bonds is 7. The number of hydrogen-bond donors (Lipinski definition) is 0. The SMILES string of the molecule is Clc1cc(Cl)cc(Oc2ccc(-c3noc(-c4cccc(OCc5cn6ccccc6n5)c4)n3)cc2)c1. The first kappa shape index (κ1) is 23.1. The highest BCUT2D eigenvalue weighted by Gasteiger charge is 2.12. The van der Waals surface area contributed by atoms with Crippen LogP contribution in [0.1, 0.15) is 5.69 Å². The number of ether oxygens (including phenoxy) is 2. The molecule has 0 atom stereocenters. The second-order valence-electron chi connectivity index (χ2n) is 8.17. The van der Waals surface area contributed by atoms with Gasteiger partial charge in [0, 0.05) is 33.6 Å². The highest BCUT2D eigenvalue weighted by Crippen LogP contribution is 2.30.